The number of ether oxygens (including phenoxy) is 2. The summed E-state index contributed by atoms with van der Waals surface area (Å²) < 4.78 is 11.5. The molecule has 0 aliphatic carbocycles. The molecule has 2 aromatic carbocycles. The van der Waals surface area contributed by atoms with E-state index in [2.05, 4.69) is 24.1 Å². The number of thioether (sulfide) groups is 1. The van der Waals surface area contributed by atoms with E-state index in [0.29, 0.717) is 23.7 Å². The van der Waals surface area contributed by atoms with Crippen LogP contribution >= 0.6 is 11.8 Å². The van der Waals surface area contributed by atoms with E-state index >= 15 is 0 Å². The highest BCUT2D eigenvalue weighted by Gasteiger charge is 2.20. The molecule has 3 aromatic rings. The van der Waals surface area contributed by atoms with Crippen LogP contribution in [0.1, 0.15) is 29.8 Å². The number of primary amides is 1. The third-order valence-corrected chi connectivity index (χ3v) is 5.91. The monoisotopic (exact) mass is 481 g/mol. The van der Waals surface area contributed by atoms with E-state index in [9.17, 15) is 9.90 Å². The molecule has 0 aliphatic heterocycles. The predicted octanol–water partition coefficient (Wildman–Crippen LogP) is 4.05. The molecule has 1 amide bonds. The van der Waals surface area contributed by atoms with Gasteiger partial charge in [0, 0.05) is 29.2 Å². The van der Waals surface area contributed by atoms with E-state index in [4.69, 9.17) is 15.2 Å². The summed E-state index contributed by atoms with van der Waals surface area (Å²) in [6.45, 7) is 4.83. The second kappa shape index (κ2) is 11.9. The van der Waals surface area contributed by atoms with E-state index in [1.165, 1.54) is 6.20 Å². The lowest BCUT2D eigenvalue weighted by Gasteiger charge is -2.28. The highest BCUT2D eigenvalue weighted by atomic mass is 32.2. The number of hydrogen-bond donors (Lipinski definition) is 3. The smallest absolute Gasteiger partial charge is 0.250 e. The number of nitrogens with zero attached hydrogens (tertiary/aromatic N) is 1. The fourth-order valence-corrected chi connectivity index (χ4v) is 3.88. The summed E-state index contributed by atoms with van der Waals surface area (Å²) in [5.74, 6) is 1.29. The Labute approximate surface area is 204 Å². The highest BCUT2D eigenvalue weighted by Crippen LogP contribution is 2.27. The van der Waals surface area contributed by atoms with Gasteiger partial charge >= 0.3 is 0 Å². The normalized spacial score (nSPS) is 12.2. The van der Waals surface area contributed by atoms with Crippen LogP contribution in [0.2, 0.25) is 0 Å². The first-order valence-electron chi connectivity index (χ1n) is 11.0. The number of rotatable bonds is 12. The maximum atomic E-state index is 11.1. The molecule has 4 N–H and O–H groups in total. The fraction of sp³-hybridized carbons (Fsp3) is 0.308. The minimum Gasteiger partial charge on any atom is -0.490 e. The first-order valence-corrected chi connectivity index (χ1v) is 12.2. The summed E-state index contributed by atoms with van der Waals surface area (Å²) in [5.41, 5.74) is 6.45. The molecule has 7 nitrogen and oxygen atoms in total. The van der Waals surface area contributed by atoms with Crippen molar-refractivity contribution in [2.24, 2.45) is 5.73 Å². The lowest BCUT2D eigenvalue weighted by atomic mass is 9.94. The molecule has 0 bridgehead atoms. The van der Waals surface area contributed by atoms with Gasteiger partial charge in [0.2, 0.25) is 11.8 Å². The van der Waals surface area contributed by atoms with Crippen LogP contribution in [0.15, 0.2) is 71.8 Å². The zero-order valence-electron chi connectivity index (χ0n) is 19.7. The molecule has 3 rings (SSSR count). The molecule has 0 unspecified atom stereocenters. The number of carbonyl (C=O) groups is 1. The molecule has 0 saturated heterocycles. The molecule has 8 heteroatoms. The molecule has 0 aliphatic rings. The van der Waals surface area contributed by atoms with Gasteiger partial charge in [-0.15, -0.1) is 11.8 Å². The molecule has 0 fully saturated rings. The molecule has 180 valence electrons. The molecular weight excluding hydrogens is 450 g/mol. The Morgan fingerprint density at radius 2 is 1.88 bits per heavy atom. The number of para-hydroxylation sites is 1. The van der Waals surface area contributed by atoms with Crippen LogP contribution in [0.5, 0.6) is 17.4 Å². The Kier molecular flexibility index (Phi) is 8.92. The van der Waals surface area contributed by atoms with Crippen molar-refractivity contribution in [1.29, 1.82) is 0 Å². The summed E-state index contributed by atoms with van der Waals surface area (Å²) in [6, 6.07) is 18.7. The number of aliphatic hydroxyl groups excluding tert-OH is 1. The van der Waals surface area contributed by atoms with Crippen molar-refractivity contribution in [3.8, 4) is 17.4 Å². The maximum absolute atomic E-state index is 11.1. The number of pyridine rings is 1. The first-order chi connectivity index (χ1) is 16.3. The topological polar surface area (TPSA) is 107 Å². The van der Waals surface area contributed by atoms with E-state index in [1.54, 1.807) is 23.9 Å². The van der Waals surface area contributed by atoms with Gasteiger partial charge in [-0.2, -0.15) is 0 Å². The average molecular weight is 482 g/mol. The van der Waals surface area contributed by atoms with Crippen molar-refractivity contribution in [1.82, 2.24) is 10.3 Å². The summed E-state index contributed by atoms with van der Waals surface area (Å²) in [5, 5.41) is 13.8. The van der Waals surface area contributed by atoms with Gasteiger partial charge in [-0.1, -0.05) is 24.3 Å². The van der Waals surface area contributed by atoms with Gasteiger partial charge in [-0.05, 0) is 62.4 Å². The quantitative estimate of drug-likeness (QED) is 0.335. The Hall–Kier alpha value is -3.07. The van der Waals surface area contributed by atoms with Gasteiger partial charge in [0.1, 0.15) is 24.2 Å². The van der Waals surface area contributed by atoms with Gasteiger partial charge in [-0.3, -0.25) is 4.79 Å². The number of benzene rings is 2. The standard InChI is InChI=1S/C26H31N3O4S/c1-26(2,29-16-20(30)17-32-22-6-4-5-7-23(22)34-3)14-18-8-11-21(12-9-18)33-24-13-10-19(15-28-24)25(27)31/h4-13,15,20,29-30H,14,16-17H2,1-3H3,(H2,27,31)/t20-/m1/s1. The molecule has 0 radical (unpaired) electrons. The van der Waals surface area contributed by atoms with Crippen molar-refractivity contribution in [2.45, 2.75) is 36.8 Å². The number of β-amino-alcohol motifs (C(OH)–C–C–N with tert-alkyl or cyclic N) is 1. The first kappa shape index (κ1) is 25.6. The van der Waals surface area contributed by atoms with E-state index in [1.807, 2.05) is 54.8 Å². The van der Waals surface area contributed by atoms with Gasteiger partial charge in [0.25, 0.3) is 0 Å². The zero-order valence-corrected chi connectivity index (χ0v) is 20.5. The largest absolute Gasteiger partial charge is 0.490 e. The van der Waals surface area contributed by atoms with Crippen LogP contribution < -0.4 is 20.5 Å². The lowest BCUT2D eigenvalue weighted by molar-refractivity contribution is 0.0975. The Morgan fingerprint density at radius 1 is 1.15 bits per heavy atom. The summed E-state index contributed by atoms with van der Waals surface area (Å²) in [7, 11) is 0. The summed E-state index contributed by atoms with van der Waals surface area (Å²) in [6.07, 6.45) is 3.53. The van der Waals surface area contributed by atoms with Crippen LogP contribution in [0, 0.1) is 0 Å². The minimum atomic E-state index is -0.626. The van der Waals surface area contributed by atoms with E-state index in [-0.39, 0.29) is 12.1 Å². The SMILES string of the molecule is CSc1ccccc1OC[C@H](O)CNC(C)(C)Cc1ccc(Oc2ccc(C(N)=O)cn2)cc1. The fourth-order valence-electron chi connectivity index (χ4n) is 3.33. The van der Waals surface area contributed by atoms with Gasteiger partial charge < -0.3 is 25.6 Å². The number of aromatic nitrogens is 1. The molecular formula is C26H31N3O4S. The summed E-state index contributed by atoms with van der Waals surface area (Å²) >= 11 is 1.62. The third-order valence-electron chi connectivity index (χ3n) is 5.13. The van der Waals surface area contributed by atoms with Crippen LogP contribution in [0.3, 0.4) is 0 Å². The van der Waals surface area contributed by atoms with Crippen molar-refractivity contribution in [3.63, 3.8) is 0 Å². The van der Waals surface area contributed by atoms with Crippen molar-refractivity contribution in [3.05, 3.63) is 78.0 Å². The van der Waals surface area contributed by atoms with Crippen LogP contribution in [0.25, 0.3) is 0 Å². The van der Waals surface area contributed by atoms with Crippen molar-refractivity contribution in [2.75, 3.05) is 19.4 Å². The second-order valence-corrected chi connectivity index (χ2v) is 9.40. The number of amides is 1. The molecule has 1 aromatic heterocycles. The van der Waals surface area contributed by atoms with Crippen LogP contribution in [-0.4, -0.2) is 47.0 Å². The molecule has 1 atom stereocenters. The zero-order chi connectivity index (χ0) is 24.6. The van der Waals surface area contributed by atoms with Crippen LogP contribution in [0.4, 0.5) is 0 Å². The van der Waals surface area contributed by atoms with Crippen molar-refractivity contribution < 1.29 is 19.4 Å². The Balaban J connectivity index is 1.47. The molecule has 34 heavy (non-hydrogen) atoms. The maximum Gasteiger partial charge on any atom is 0.250 e. The number of nitrogens with one attached hydrogen (secondary N) is 1. The minimum absolute atomic E-state index is 0.223. The molecule has 0 saturated carbocycles. The third kappa shape index (κ3) is 7.76. The number of carbonyl (C=O) groups excluding carboxylic acids is 1. The van der Waals surface area contributed by atoms with Crippen LogP contribution in [-0.2, 0) is 6.42 Å². The molecule has 1 heterocycles. The van der Waals surface area contributed by atoms with Crippen molar-refractivity contribution >= 4 is 17.7 Å². The second-order valence-electron chi connectivity index (χ2n) is 8.55. The lowest BCUT2D eigenvalue weighted by Crippen LogP contribution is -2.46. The molecule has 0 spiro atoms. The summed E-state index contributed by atoms with van der Waals surface area (Å²) in [4.78, 5) is 16.3. The van der Waals surface area contributed by atoms with E-state index in [0.717, 1.165) is 22.6 Å². The predicted molar refractivity (Wildman–Crippen MR) is 135 cm³/mol. The van der Waals surface area contributed by atoms with Gasteiger partial charge in [0.15, 0.2) is 0 Å². The average Bonchev–Trinajstić information content (AvgIpc) is 2.83. The van der Waals surface area contributed by atoms with Gasteiger partial charge in [0.05, 0.1) is 5.56 Å². The number of aliphatic hydroxyl groups is 1. The van der Waals surface area contributed by atoms with Gasteiger partial charge in [-0.25, -0.2) is 4.98 Å². The van der Waals surface area contributed by atoms with E-state index < -0.39 is 12.0 Å². The Morgan fingerprint density at radius 3 is 2.53 bits per heavy atom. The highest BCUT2D eigenvalue weighted by molar-refractivity contribution is 7.98. The number of hydrogen-bond acceptors (Lipinski definition) is 7. The number of nitrogens with two attached hydrogens (primary N) is 1. The Bertz CT molecular complexity index is 1070.